The third-order valence-corrected chi connectivity index (χ3v) is 4.96. The van der Waals surface area contributed by atoms with Gasteiger partial charge in [-0.25, -0.2) is 0 Å². The molecule has 0 fully saturated rings. The highest BCUT2D eigenvalue weighted by Crippen LogP contribution is 2.39. The number of thioether (sulfide) groups is 1. The van der Waals surface area contributed by atoms with Crippen LogP contribution >= 0.6 is 11.8 Å². The van der Waals surface area contributed by atoms with Gasteiger partial charge in [-0.3, -0.25) is 0 Å². The Hall–Kier alpha value is -1.41. The van der Waals surface area contributed by atoms with Crippen molar-refractivity contribution in [3.05, 3.63) is 59.7 Å². The standard InChI is InChI=1S/C18H20OS/c1-2-5-14-8-10-16(11-9-14)19-12-15-13-20-18-7-4-3-6-17(15)18/h3-4,6-11,15H,2,5,12-13H2,1H3. The molecule has 0 bridgehead atoms. The van der Waals surface area contributed by atoms with Crippen molar-refractivity contribution in [1.29, 1.82) is 0 Å². The molecule has 0 spiro atoms. The number of fused-ring (bicyclic) bond motifs is 1. The molecule has 0 aliphatic carbocycles. The number of rotatable bonds is 5. The largest absolute Gasteiger partial charge is 0.493 e. The molecule has 0 saturated heterocycles. The van der Waals surface area contributed by atoms with E-state index in [1.807, 2.05) is 11.8 Å². The third-order valence-electron chi connectivity index (χ3n) is 3.71. The molecule has 2 aromatic carbocycles. The summed E-state index contributed by atoms with van der Waals surface area (Å²) in [4.78, 5) is 1.42. The molecule has 1 heterocycles. The predicted molar refractivity (Wildman–Crippen MR) is 85.8 cm³/mol. The Morgan fingerprint density at radius 1 is 1.10 bits per heavy atom. The summed E-state index contributed by atoms with van der Waals surface area (Å²) in [6.45, 7) is 2.98. The van der Waals surface area contributed by atoms with Crippen LogP contribution in [0.4, 0.5) is 0 Å². The van der Waals surface area contributed by atoms with Crippen LogP contribution in [0.3, 0.4) is 0 Å². The first-order valence-electron chi connectivity index (χ1n) is 7.30. The molecule has 20 heavy (non-hydrogen) atoms. The molecule has 1 aliphatic heterocycles. The van der Waals surface area contributed by atoms with E-state index >= 15 is 0 Å². The summed E-state index contributed by atoms with van der Waals surface area (Å²) < 4.78 is 5.97. The first-order valence-corrected chi connectivity index (χ1v) is 8.29. The van der Waals surface area contributed by atoms with Crippen molar-refractivity contribution in [3.63, 3.8) is 0 Å². The van der Waals surface area contributed by atoms with Gasteiger partial charge < -0.3 is 4.74 Å². The lowest BCUT2D eigenvalue weighted by molar-refractivity contribution is 0.298. The number of hydrogen-bond donors (Lipinski definition) is 0. The van der Waals surface area contributed by atoms with Crippen LogP contribution in [0.25, 0.3) is 0 Å². The van der Waals surface area contributed by atoms with E-state index in [9.17, 15) is 0 Å². The highest BCUT2D eigenvalue weighted by atomic mass is 32.2. The van der Waals surface area contributed by atoms with Crippen LogP contribution < -0.4 is 4.74 Å². The minimum absolute atomic E-state index is 0.520. The SMILES string of the molecule is CCCc1ccc(OCC2CSc3ccccc32)cc1. The smallest absolute Gasteiger partial charge is 0.119 e. The van der Waals surface area contributed by atoms with Crippen molar-refractivity contribution >= 4 is 11.8 Å². The maximum atomic E-state index is 5.97. The minimum Gasteiger partial charge on any atom is -0.493 e. The zero-order chi connectivity index (χ0) is 13.8. The van der Waals surface area contributed by atoms with Gasteiger partial charge in [0.2, 0.25) is 0 Å². The first-order chi connectivity index (χ1) is 9.86. The predicted octanol–water partition coefficient (Wildman–Crippen LogP) is 4.91. The van der Waals surface area contributed by atoms with Crippen LogP contribution in [-0.2, 0) is 6.42 Å². The Morgan fingerprint density at radius 3 is 2.70 bits per heavy atom. The Balaban J connectivity index is 1.60. The average Bonchev–Trinajstić information content (AvgIpc) is 2.90. The van der Waals surface area contributed by atoms with E-state index in [2.05, 4.69) is 55.5 Å². The van der Waals surface area contributed by atoms with Crippen LogP contribution in [0.1, 0.15) is 30.4 Å². The Morgan fingerprint density at radius 2 is 1.90 bits per heavy atom. The fourth-order valence-corrected chi connectivity index (χ4v) is 3.84. The molecule has 1 nitrogen and oxygen atoms in total. The van der Waals surface area contributed by atoms with Gasteiger partial charge in [-0.2, -0.15) is 0 Å². The molecule has 0 aromatic heterocycles. The van der Waals surface area contributed by atoms with E-state index < -0.39 is 0 Å². The number of benzene rings is 2. The lowest BCUT2D eigenvalue weighted by Crippen LogP contribution is -2.09. The zero-order valence-electron chi connectivity index (χ0n) is 11.8. The first kappa shape index (κ1) is 13.6. The average molecular weight is 284 g/mol. The van der Waals surface area contributed by atoms with Crippen molar-refractivity contribution < 1.29 is 4.74 Å². The van der Waals surface area contributed by atoms with Gasteiger partial charge >= 0.3 is 0 Å². The molecular weight excluding hydrogens is 264 g/mol. The summed E-state index contributed by atoms with van der Waals surface area (Å²) >= 11 is 1.94. The molecule has 2 heteroatoms. The van der Waals surface area contributed by atoms with Crippen molar-refractivity contribution in [2.24, 2.45) is 0 Å². The molecular formula is C18H20OS. The highest BCUT2D eigenvalue weighted by molar-refractivity contribution is 7.99. The van der Waals surface area contributed by atoms with Gasteiger partial charge in [0.25, 0.3) is 0 Å². The topological polar surface area (TPSA) is 9.23 Å². The van der Waals surface area contributed by atoms with E-state index in [0.29, 0.717) is 5.92 Å². The van der Waals surface area contributed by atoms with Crippen LogP contribution in [0.2, 0.25) is 0 Å². The van der Waals surface area contributed by atoms with Gasteiger partial charge in [0.1, 0.15) is 5.75 Å². The number of aryl methyl sites for hydroxylation is 1. The molecule has 3 rings (SSSR count). The van der Waals surface area contributed by atoms with Crippen LogP contribution in [0, 0.1) is 0 Å². The number of hydrogen-bond acceptors (Lipinski definition) is 2. The molecule has 0 amide bonds. The number of ether oxygens (including phenoxy) is 1. The minimum atomic E-state index is 0.520. The van der Waals surface area contributed by atoms with Gasteiger partial charge in [-0.15, -0.1) is 11.8 Å². The van der Waals surface area contributed by atoms with Crippen LogP contribution in [-0.4, -0.2) is 12.4 Å². The normalized spacial score (nSPS) is 16.9. The van der Waals surface area contributed by atoms with E-state index in [-0.39, 0.29) is 0 Å². The monoisotopic (exact) mass is 284 g/mol. The zero-order valence-corrected chi connectivity index (χ0v) is 12.7. The fourth-order valence-electron chi connectivity index (χ4n) is 2.61. The summed E-state index contributed by atoms with van der Waals surface area (Å²) in [5.41, 5.74) is 2.83. The van der Waals surface area contributed by atoms with Crippen molar-refractivity contribution in [2.45, 2.75) is 30.6 Å². The van der Waals surface area contributed by atoms with Crippen LogP contribution in [0.5, 0.6) is 5.75 Å². The molecule has 0 N–H and O–H groups in total. The molecule has 0 saturated carbocycles. The molecule has 1 unspecified atom stereocenters. The molecule has 2 aromatic rings. The second kappa shape index (κ2) is 6.36. The van der Waals surface area contributed by atoms with Gasteiger partial charge in [0.15, 0.2) is 0 Å². The highest BCUT2D eigenvalue weighted by Gasteiger charge is 2.23. The van der Waals surface area contributed by atoms with Crippen molar-refractivity contribution in [1.82, 2.24) is 0 Å². The second-order valence-electron chi connectivity index (χ2n) is 5.25. The maximum absolute atomic E-state index is 5.97. The van der Waals surface area contributed by atoms with E-state index in [1.54, 1.807) is 0 Å². The van der Waals surface area contributed by atoms with Crippen LogP contribution in [0.15, 0.2) is 53.4 Å². The molecule has 0 radical (unpaired) electrons. The summed E-state index contributed by atoms with van der Waals surface area (Å²) in [6.07, 6.45) is 2.34. The lowest BCUT2D eigenvalue weighted by Gasteiger charge is -2.13. The van der Waals surface area contributed by atoms with Crippen molar-refractivity contribution in [2.75, 3.05) is 12.4 Å². The summed E-state index contributed by atoms with van der Waals surface area (Å²) in [5, 5.41) is 0. The molecule has 1 atom stereocenters. The van der Waals surface area contributed by atoms with E-state index in [4.69, 9.17) is 4.74 Å². The molecule has 1 aliphatic rings. The van der Waals surface area contributed by atoms with Gasteiger partial charge in [-0.1, -0.05) is 43.7 Å². The quantitative estimate of drug-likeness (QED) is 0.771. The maximum Gasteiger partial charge on any atom is 0.119 e. The Bertz CT molecular complexity index is 562. The summed E-state index contributed by atoms with van der Waals surface area (Å²) in [7, 11) is 0. The summed E-state index contributed by atoms with van der Waals surface area (Å²) in [5.74, 6) is 2.64. The second-order valence-corrected chi connectivity index (χ2v) is 6.31. The summed E-state index contributed by atoms with van der Waals surface area (Å²) in [6, 6.07) is 17.2. The third kappa shape index (κ3) is 3.01. The van der Waals surface area contributed by atoms with Gasteiger partial charge in [-0.05, 0) is 35.7 Å². The lowest BCUT2D eigenvalue weighted by atomic mass is 10.0. The van der Waals surface area contributed by atoms with Gasteiger partial charge in [0, 0.05) is 16.6 Å². The Labute approximate surface area is 125 Å². The van der Waals surface area contributed by atoms with Gasteiger partial charge in [0.05, 0.1) is 6.61 Å². The Kier molecular flexibility index (Phi) is 4.31. The van der Waals surface area contributed by atoms with E-state index in [1.165, 1.54) is 22.4 Å². The van der Waals surface area contributed by atoms with Crippen molar-refractivity contribution in [3.8, 4) is 5.75 Å². The molecule has 104 valence electrons. The fraction of sp³-hybridized carbons (Fsp3) is 0.333. The van der Waals surface area contributed by atoms with E-state index in [0.717, 1.165) is 24.5 Å².